The summed E-state index contributed by atoms with van der Waals surface area (Å²) >= 11 is 0.786. The van der Waals surface area contributed by atoms with Crippen molar-refractivity contribution in [1.29, 1.82) is 0 Å². The summed E-state index contributed by atoms with van der Waals surface area (Å²) in [6.07, 6.45) is 3.55. The van der Waals surface area contributed by atoms with E-state index in [-0.39, 0.29) is 10.4 Å². The number of thioether (sulfide) groups is 1. The van der Waals surface area contributed by atoms with Gasteiger partial charge in [0.2, 0.25) is 0 Å². The molecule has 2 heterocycles. The van der Waals surface area contributed by atoms with Gasteiger partial charge in [-0.25, -0.2) is 4.39 Å². The van der Waals surface area contributed by atoms with Crippen LogP contribution in [0.5, 0.6) is 0 Å². The fourth-order valence-electron chi connectivity index (χ4n) is 2.86. The summed E-state index contributed by atoms with van der Waals surface area (Å²) in [6, 6.07) is 3.21. The minimum Gasteiger partial charge on any atom is -0.365 e. The highest BCUT2D eigenvalue weighted by Gasteiger charge is 2.30. The topological polar surface area (TPSA) is 49.4 Å². The van der Waals surface area contributed by atoms with Crippen molar-refractivity contribution in [2.75, 3.05) is 11.9 Å². The maximum absolute atomic E-state index is 14.5. The van der Waals surface area contributed by atoms with E-state index in [1.807, 2.05) is 18.9 Å². The summed E-state index contributed by atoms with van der Waals surface area (Å²) in [5.41, 5.74) is 2.90. The third-order valence-corrected chi connectivity index (χ3v) is 5.07. The van der Waals surface area contributed by atoms with Gasteiger partial charge in [0, 0.05) is 23.9 Å². The standard InChI is InChI=1S/C17H17FN2O2S/c1-9-8-17(2,3)20(4)13-7-12(18)10(5-11(9)13)6-14-15(21)19-16(22)23-14/h5-8H,1-4H3,(H,19,21,22)/b14-6-. The van der Waals surface area contributed by atoms with Crippen molar-refractivity contribution in [1.82, 2.24) is 5.32 Å². The van der Waals surface area contributed by atoms with E-state index >= 15 is 0 Å². The second-order valence-electron chi connectivity index (χ2n) is 6.28. The second-order valence-corrected chi connectivity index (χ2v) is 7.30. The Kier molecular flexibility index (Phi) is 3.59. The highest BCUT2D eigenvalue weighted by atomic mass is 32.2. The van der Waals surface area contributed by atoms with E-state index in [0.717, 1.165) is 28.6 Å². The van der Waals surface area contributed by atoms with Gasteiger partial charge in [-0.15, -0.1) is 0 Å². The quantitative estimate of drug-likeness (QED) is 0.795. The number of carbonyl (C=O) groups is 2. The van der Waals surface area contributed by atoms with E-state index in [9.17, 15) is 14.0 Å². The molecule has 0 bridgehead atoms. The number of benzene rings is 1. The van der Waals surface area contributed by atoms with Gasteiger partial charge in [0.25, 0.3) is 11.1 Å². The van der Waals surface area contributed by atoms with Crippen molar-refractivity contribution in [2.24, 2.45) is 0 Å². The molecule has 2 aliphatic heterocycles. The lowest BCUT2D eigenvalue weighted by Crippen LogP contribution is -2.42. The minimum atomic E-state index is -0.484. The number of amides is 2. The predicted molar refractivity (Wildman–Crippen MR) is 91.6 cm³/mol. The highest BCUT2D eigenvalue weighted by Crippen LogP contribution is 2.39. The summed E-state index contributed by atoms with van der Waals surface area (Å²) in [5.74, 6) is -0.899. The van der Waals surface area contributed by atoms with Crippen LogP contribution >= 0.6 is 11.8 Å². The number of rotatable bonds is 1. The number of anilines is 1. The number of likely N-dealkylation sites (N-methyl/N-ethyl adjacent to an activating group) is 1. The molecular weight excluding hydrogens is 315 g/mol. The molecule has 1 fully saturated rings. The Balaban J connectivity index is 2.10. The fraction of sp³-hybridized carbons (Fsp3) is 0.294. The molecule has 1 aromatic rings. The van der Waals surface area contributed by atoms with Crippen LogP contribution in [0.1, 0.15) is 31.9 Å². The van der Waals surface area contributed by atoms with Gasteiger partial charge in [-0.3, -0.25) is 14.9 Å². The predicted octanol–water partition coefficient (Wildman–Crippen LogP) is 3.78. The van der Waals surface area contributed by atoms with Gasteiger partial charge in [0.1, 0.15) is 5.82 Å². The number of halogens is 1. The van der Waals surface area contributed by atoms with Crippen LogP contribution in [-0.2, 0) is 4.79 Å². The van der Waals surface area contributed by atoms with E-state index in [4.69, 9.17) is 0 Å². The number of hydrogen-bond acceptors (Lipinski definition) is 4. The largest absolute Gasteiger partial charge is 0.365 e. The molecule has 0 aliphatic carbocycles. The molecule has 0 unspecified atom stereocenters. The molecule has 4 nitrogen and oxygen atoms in total. The lowest BCUT2D eigenvalue weighted by molar-refractivity contribution is -0.115. The van der Waals surface area contributed by atoms with Crippen molar-refractivity contribution in [2.45, 2.75) is 26.3 Å². The first-order valence-electron chi connectivity index (χ1n) is 7.21. The molecule has 1 aromatic carbocycles. The number of nitrogens with one attached hydrogen (secondary N) is 1. The Morgan fingerprint density at radius 2 is 2.00 bits per heavy atom. The molecule has 0 spiro atoms. The Hall–Kier alpha value is -2.08. The lowest BCUT2D eigenvalue weighted by atomic mass is 9.88. The van der Waals surface area contributed by atoms with Gasteiger partial charge in [-0.2, -0.15) is 0 Å². The molecule has 1 N–H and O–H groups in total. The summed E-state index contributed by atoms with van der Waals surface area (Å²) in [5, 5.41) is 1.74. The maximum Gasteiger partial charge on any atom is 0.290 e. The highest BCUT2D eigenvalue weighted by molar-refractivity contribution is 8.18. The van der Waals surface area contributed by atoms with Gasteiger partial charge < -0.3 is 4.90 Å². The Labute approximate surface area is 138 Å². The summed E-state index contributed by atoms with van der Waals surface area (Å²) in [6.45, 7) is 6.12. The van der Waals surface area contributed by atoms with Crippen molar-refractivity contribution in [3.63, 3.8) is 0 Å². The molecule has 0 radical (unpaired) electrons. The van der Waals surface area contributed by atoms with Crippen molar-refractivity contribution < 1.29 is 14.0 Å². The van der Waals surface area contributed by atoms with E-state index in [1.165, 1.54) is 12.1 Å². The molecule has 6 heteroatoms. The zero-order valence-corrected chi connectivity index (χ0v) is 14.2. The van der Waals surface area contributed by atoms with Crippen LogP contribution in [0.15, 0.2) is 23.1 Å². The van der Waals surface area contributed by atoms with Crippen LogP contribution in [-0.4, -0.2) is 23.7 Å². The number of nitrogens with zero attached hydrogens (tertiary/aromatic N) is 1. The number of allylic oxidation sites excluding steroid dienone is 1. The zero-order valence-electron chi connectivity index (χ0n) is 13.4. The number of hydrogen-bond donors (Lipinski definition) is 1. The van der Waals surface area contributed by atoms with Gasteiger partial charge >= 0.3 is 0 Å². The van der Waals surface area contributed by atoms with Gasteiger partial charge in [0.15, 0.2) is 0 Å². The summed E-state index contributed by atoms with van der Waals surface area (Å²) in [7, 11) is 1.93. The van der Waals surface area contributed by atoms with Crippen molar-refractivity contribution in [3.05, 3.63) is 40.1 Å². The van der Waals surface area contributed by atoms with Crippen molar-refractivity contribution >= 4 is 40.2 Å². The third kappa shape index (κ3) is 2.67. The Bertz CT molecular complexity index is 796. The molecular formula is C17H17FN2O2S. The average Bonchev–Trinajstić information content (AvgIpc) is 2.76. The Morgan fingerprint density at radius 1 is 1.30 bits per heavy atom. The molecule has 2 amide bonds. The molecule has 1 saturated heterocycles. The molecule has 0 saturated carbocycles. The third-order valence-electron chi connectivity index (χ3n) is 4.26. The minimum absolute atomic E-state index is 0.197. The van der Waals surface area contributed by atoms with Crippen LogP contribution in [0.4, 0.5) is 14.9 Å². The number of imide groups is 1. The van der Waals surface area contributed by atoms with Crippen LogP contribution in [0.25, 0.3) is 11.6 Å². The van der Waals surface area contributed by atoms with Crippen LogP contribution in [0.3, 0.4) is 0 Å². The number of fused-ring (bicyclic) bond motifs is 1. The van der Waals surface area contributed by atoms with Crippen LogP contribution in [0.2, 0.25) is 0 Å². The molecule has 2 aliphatic rings. The average molecular weight is 332 g/mol. The van der Waals surface area contributed by atoms with Gasteiger partial charge in [0.05, 0.1) is 10.4 Å². The second kappa shape index (κ2) is 5.23. The van der Waals surface area contributed by atoms with Crippen molar-refractivity contribution in [3.8, 4) is 0 Å². The first-order valence-corrected chi connectivity index (χ1v) is 8.03. The zero-order chi connectivity index (χ0) is 16.9. The first-order chi connectivity index (χ1) is 10.7. The molecule has 0 aromatic heterocycles. The smallest absolute Gasteiger partial charge is 0.290 e. The monoisotopic (exact) mass is 332 g/mol. The molecule has 0 atom stereocenters. The molecule has 120 valence electrons. The van der Waals surface area contributed by atoms with E-state index in [2.05, 4.69) is 25.2 Å². The molecule has 3 rings (SSSR count). The van der Waals surface area contributed by atoms with E-state index in [1.54, 1.807) is 6.07 Å². The molecule has 23 heavy (non-hydrogen) atoms. The first kappa shape index (κ1) is 15.8. The SMILES string of the molecule is CC1=CC(C)(C)N(C)c2cc(F)c(/C=C3\SC(=O)NC3=O)cc21. The van der Waals surface area contributed by atoms with Gasteiger partial charge in [-0.05, 0) is 56.3 Å². The number of carbonyl (C=O) groups excluding carboxylic acids is 2. The normalized spacial score (nSPS) is 21.3. The van der Waals surface area contributed by atoms with E-state index in [0.29, 0.717) is 5.56 Å². The Morgan fingerprint density at radius 3 is 2.61 bits per heavy atom. The van der Waals surface area contributed by atoms with Crippen LogP contribution in [0, 0.1) is 5.82 Å². The van der Waals surface area contributed by atoms with Gasteiger partial charge in [-0.1, -0.05) is 6.08 Å². The fourth-order valence-corrected chi connectivity index (χ4v) is 3.53. The summed E-state index contributed by atoms with van der Waals surface area (Å²) < 4.78 is 14.5. The summed E-state index contributed by atoms with van der Waals surface area (Å²) in [4.78, 5) is 25.1. The lowest BCUT2D eigenvalue weighted by Gasteiger charge is -2.40. The van der Waals surface area contributed by atoms with Crippen LogP contribution < -0.4 is 10.2 Å². The van der Waals surface area contributed by atoms with E-state index < -0.39 is 17.0 Å². The maximum atomic E-state index is 14.5.